The molecule has 3 aromatic carbocycles. The number of halogens is 4. The van der Waals surface area contributed by atoms with E-state index in [9.17, 15) is 37.7 Å². The Hall–Kier alpha value is -4.12. The molecule has 1 heterocycles. The van der Waals surface area contributed by atoms with Crippen LogP contribution in [0.3, 0.4) is 0 Å². The number of nitro benzene ring substituents is 1. The van der Waals surface area contributed by atoms with Crippen LogP contribution in [0.2, 0.25) is 0 Å². The summed E-state index contributed by atoms with van der Waals surface area (Å²) in [5.41, 5.74) is 0.00417. The molecular weight excluding hydrogens is 694 g/mol. The van der Waals surface area contributed by atoms with Crippen molar-refractivity contribution in [2.75, 3.05) is 19.0 Å². The predicted molar refractivity (Wildman–Crippen MR) is 156 cm³/mol. The number of rotatable bonds is 9. The second kappa shape index (κ2) is 12.8. The number of nitrogens with one attached hydrogen (secondary N) is 1. The fourth-order valence-corrected chi connectivity index (χ4v) is 5.24. The number of methoxy groups -OCH3 is 1. The fraction of sp³-hybridized carbons (Fsp3) is 0.148. The van der Waals surface area contributed by atoms with Gasteiger partial charge >= 0.3 is 6.18 Å². The third-order valence-electron chi connectivity index (χ3n) is 5.77. The van der Waals surface area contributed by atoms with Gasteiger partial charge in [-0.05, 0) is 94.0 Å². The second-order valence-electron chi connectivity index (χ2n) is 8.63. The van der Waals surface area contributed by atoms with E-state index in [0.717, 1.165) is 17.7 Å². The monoisotopic (exact) mass is 713 g/mol. The molecule has 0 spiro atoms. The minimum absolute atomic E-state index is 0.0276. The Morgan fingerprint density at radius 1 is 1.10 bits per heavy atom. The van der Waals surface area contributed by atoms with E-state index in [1.165, 1.54) is 25.3 Å². The zero-order valence-corrected chi connectivity index (χ0v) is 24.4. The molecule has 218 valence electrons. The first kappa shape index (κ1) is 30.8. The third-order valence-corrected chi connectivity index (χ3v) is 7.52. The lowest BCUT2D eigenvalue weighted by Gasteiger charge is -2.16. The Balaban J connectivity index is 1.40. The lowest BCUT2D eigenvalue weighted by atomic mass is 10.1. The Labute approximate surface area is 254 Å². The number of hydrogen-bond acceptors (Lipinski definition) is 8. The quantitative estimate of drug-likeness (QED) is 0.116. The number of hydrogen-bond donors (Lipinski definition) is 1. The number of carbonyl (C=O) groups excluding carboxylic acids is 3. The molecule has 0 radical (unpaired) electrons. The molecule has 4 rings (SSSR count). The molecule has 0 aromatic heterocycles. The normalized spacial score (nSPS) is 14.3. The van der Waals surface area contributed by atoms with Crippen molar-refractivity contribution in [2.24, 2.45) is 0 Å². The van der Waals surface area contributed by atoms with Crippen molar-refractivity contribution in [1.82, 2.24) is 4.90 Å². The number of alkyl halides is 3. The number of nitro groups is 1. The topological polar surface area (TPSA) is 128 Å². The Morgan fingerprint density at radius 2 is 1.79 bits per heavy atom. The van der Waals surface area contributed by atoms with Gasteiger partial charge in [-0.3, -0.25) is 29.4 Å². The fourth-order valence-electron chi connectivity index (χ4n) is 3.70. The Kier molecular flexibility index (Phi) is 9.40. The van der Waals surface area contributed by atoms with E-state index in [1.54, 1.807) is 30.3 Å². The molecule has 1 aliphatic rings. The lowest BCUT2D eigenvalue weighted by molar-refractivity contribution is -0.384. The molecule has 3 amide bonds. The SMILES string of the molecule is COc1ccc(C(F)(F)F)cc1NC(=O)CN1C(=O)S/C(=C\c2ccc(OCc3ccc([N+](=O)[O-])cc3)c(I)c2)C1=O. The summed E-state index contributed by atoms with van der Waals surface area (Å²) in [6, 6.07) is 13.5. The molecule has 0 saturated carbocycles. The first-order valence-corrected chi connectivity index (χ1v) is 13.7. The minimum Gasteiger partial charge on any atom is -0.495 e. The number of non-ortho nitro benzene ring substituents is 1. The van der Waals surface area contributed by atoms with E-state index in [1.807, 2.05) is 22.6 Å². The van der Waals surface area contributed by atoms with Crippen molar-refractivity contribution in [3.05, 3.63) is 95.9 Å². The third kappa shape index (κ3) is 7.39. The van der Waals surface area contributed by atoms with Crippen LogP contribution in [-0.4, -0.2) is 40.5 Å². The Morgan fingerprint density at radius 3 is 2.40 bits per heavy atom. The largest absolute Gasteiger partial charge is 0.495 e. The van der Waals surface area contributed by atoms with Gasteiger partial charge in [0.25, 0.3) is 16.8 Å². The number of imide groups is 1. The van der Waals surface area contributed by atoms with Crippen molar-refractivity contribution < 1.29 is 42.0 Å². The first-order chi connectivity index (χ1) is 19.8. The van der Waals surface area contributed by atoms with Gasteiger partial charge in [-0.2, -0.15) is 13.2 Å². The highest BCUT2D eigenvalue weighted by Crippen LogP contribution is 2.36. The van der Waals surface area contributed by atoms with Gasteiger partial charge in [0.2, 0.25) is 5.91 Å². The van der Waals surface area contributed by atoms with Gasteiger partial charge in [0.1, 0.15) is 24.7 Å². The van der Waals surface area contributed by atoms with Crippen molar-refractivity contribution in [1.29, 1.82) is 0 Å². The van der Waals surface area contributed by atoms with E-state index < -0.39 is 40.3 Å². The van der Waals surface area contributed by atoms with Crippen LogP contribution in [-0.2, 0) is 22.4 Å². The van der Waals surface area contributed by atoms with Crippen LogP contribution in [0.4, 0.5) is 29.3 Å². The zero-order valence-electron chi connectivity index (χ0n) is 21.4. The molecule has 0 aliphatic carbocycles. The average Bonchev–Trinajstić information content (AvgIpc) is 3.19. The van der Waals surface area contributed by atoms with E-state index >= 15 is 0 Å². The maximum atomic E-state index is 13.1. The van der Waals surface area contributed by atoms with E-state index in [4.69, 9.17) is 9.47 Å². The van der Waals surface area contributed by atoms with Gasteiger partial charge in [0.05, 0.1) is 31.8 Å². The highest BCUT2D eigenvalue weighted by molar-refractivity contribution is 14.1. The van der Waals surface area contributed by atoms with Crippen molar-refractivity contribution in [2.45, 2.75) is 12.8 Å². The molecule has 15 heteroatoms. The molecule has 42 heavy (non-hydrogen) atoms. The van der Waals surface area contributed by atoms with Gasteiger partial charge in [-0.1, -0.05) is 6.07 Å². The van der Waals surface area contributed by atoms with Crippen LogP contribution >= 0.6 is 34.4 Å². The molecule has 1 saturated heterocycles. The number of thioether (sulfide) groups is 1. The van der Waals surface area contributed by atoms with Crippen LogP contribution in [0.1, 0.15) is 16.7 Å². The number of amides is 3. The summed E-state index contributed by atoms with van der Waals surface area (Å²) in [4.78, 5) is 49.0. The lowest BCUT2D eigenvalue weighted by Crippen LogP contribution is -2.36. The molecule has 3 aromatic rings. The number of ether oxygens (including phenoxy) is 2. The molecular formula is C27H19F3IN3O7S. The van der Waals surface area contributed by atoms with E-state index in [0.29, 0.717) is 37.6 Å². The average molecular weight is 713 g/mol. The van der Waals surface area contributed by atoms with Crippen molar-refractivity contribution in [3.63, 3.8) is 0 Å². The molecule has 10 nitrogen and oxygen atoms in total. The van der Waals surface area contributed by atoms with Crippen molar-refractivity contribution >= 4 is 68.9 Å². The summed E-state index contributed by atoms with van der Waals surface area (Å²) < 4.78 is 50.8. The Bertz CT molecular complexity index is 1600. The van der Waals surface area contributed by atoms with Gasteiger partial charge in [-0.15, -0.1) is 0 Å². The van der Waals surface area contributed by atoms with Gasteiger partial charge in [0.15, 0.2) is 0 Å². The van der Waals surface area contributed by atoms with Crippen LogP contribution in [0, 0.1) is 13.7 Å². The highest BCUT2D eigenvalue weighted by atomic mass is 127. The minimum atomic E-state index is -4.65. The van der Waals surface area contributed by atoms with Crippen molar-refractivity contribution in [3.8, 4) is 11.5 Å². The molecule has 0 unspecified atom stereocenters. The smallest absolute Gasteiger partial charge is 0.416 e. The highest BCUT2D eigenvalue weighted by Gasteiger charge is 2.37. The second-order valence-corrected chi connectivity index (χ2v) is 10.8. The molecule has 1 N–H and O–H groups in total. The summed E-state index contributed by atoms with van der Waals surface area (Å²) in [5, 5.41) is 12.3. The number of anilines is 1. The summed E-state index contributed by atoms with van der Waals surface area (Å²) in [5.74, 6) is -1.12. The first-order valence-electron chi connectivity index (χ1n) is 11.8. The van der Waals surface area contributed by atoms with Gasteiger partial charge in [-0.25, -0.2) is 0 Å². The molecule has 1 fully saturated rings. The summed E-state index contributed by atoms with van der Waals surface area (Å²) in [6.45, 7) is -0.547. The predicted octanol–water partition coefficient (Wildman–Crippen LogP) is 6.48. The summed E-state index contributed by atoms with van der Waals surface area (Å²) in [7, 11) is 1.22. The van der Waals surface area contributed by atoms with Gasteiger partial charge < -0.3 is 14.8 Å². The zero-order chi connectivity index (χ0) is 30.6. The number of carbonyl (C=O) groups is 3. The number of benzene rings is 3. The van der Waals surface area contributed by atoms with Crippen LogP contribution in [0.15, 0.2) is 65.6 Å². The standard InChI is InChI=1S/C27H19F3IN3O7S/c1-40-22-9-5-17(27(28,29)30)12-20(22)32-24(35)13-33-25(36)23(42-26(33)37)11-16-4-8-21(19(31)10-16)41-14-15-2-6-18(7-3-15)34(38)39/h2-12H,13-14H2,1H3,(H,32,35)/b23-11-. The summed E-state index contributed by atoms with van der Waals surface area (Å²) >= 11 is 2.66. The van der Waals surface area contributed by atoms with Crippen LogP contribution in [0.5, 0.6) is 11.5 Å². The molecule has 1 aliphatic heterocycles. The maximum absolute atomic E-state index is 13.1. The maximum Gasteiger partial charge on any atom is 0.416 e. The van der Waals surface area contributed by atoms with E-state index in [2.05, 4.69) is 5.32 Å². The number of nitrogens with zero attached hydrogens (tertiary/aromatic N) is 2. The van der Waals surface area contributed by atoms with Gasteiger partial charge in [0, 0.05) is 12.1 Å². The van der Waals surface area contributed by atoms with E-state index in [-0.39, 0.29) is 28.6 Å². The summed E-state index contributed by atoms with van der Waals surface area (Å²) in [6.07, 6.45) is -3.18. The van der Waals surface area contributed by atoms with Crippen LogP contribution in [0.25, 0.3) is 6.08 Å². The van der Waals surface area contributed by atoms with Crippen LogP contribution < -0.4 is 14.8 Å². The molecule has 0 bridgehead atoms. The molecule has 0 atom stereocenters.